The van der Waals surface area contributed by atoms with Gasteiger partial charge in [-0.05, 0) is 59.7 Å². The molecular formula is C34H27F3N2O4S. The maximum Gasteiger partial charge on any atom is 0.433 e. The largest absolute Gasteiger partial charge is 0.468 e. The van der Waals surface area contributed by atoms with E-state index in [-0.39, 0.29) is 10.8 Å². The lowest BCUT2D eigenvalue weighted by Gasteiger charge is -2.15. The number of fused-ring (bicyclic) bond motifs is 1. The van der Waals surface area contributed by atoms with Gasteiger partial charge in [0.1, 0.15) is 16.6 Å². The number of benzene rings is 3. The molecule has 5 aromatic rings. The number of esters is 1. The molecule has 1 aliphatic rings. The van der Waals surface area contributed by atoms with Crippen LogP contribution in [-0.2, 0) is 25.9 Å². The van der Waals surface area contributed by atoms with Gasteiger partial charge in [-0.1, -0.05) is 78.9 Å². The van der Waals surface area contributed by atoms with Crippen LogP contribution in [0.4, 0.5) is 23.7 Å². The molecule has 0 unspecified atom stereocenters. The fraction of sp³-hybridized carbons (Fsp3) is 0.206. The first-order valence-electron chi connectivity index (χ1n) is 13.9. The fourth-order valence-electron chi connectivity index (χ4n) is 5.27. The van der Waals surface area contributed by atoms with E-state index in [4.69, 9.17) is 9.47 Å². The first-order chi connectivity index (χ1) is 21.1. The van der Waals surface area contributed by atoms with Crippen molar-refractivity contribution in [1.29, 1.82) is 0 Å². The number of nitrogens with zero attached hydrogens (tertiary/aromatic N) is 1. The van der Waals surface area contributed by atoms with Crippen LogP contribution >= 0.6 is 11.3 Å². The molecule has 0 radical (unpaired) electrons. The minimum atomic E-state index is -4.61. The normalized spacial score (nSPS) is 14.6. The Hall–Kier alpha value is -4.70. The highest BCUT2D eigenvalue weighted by molar-refractivity contribution is 7.22. The molecule has 0 bridgehead atoms. The molecule has 0 saturated heterocycles. The second-order valence-electron chi connectivity index (χ2n) is 10.7. The van der Waals surface area contributed by atoms with Crippen LogP contribution in [0.5, 0.6) is 0 Å². The smallest absolute Gasteiger partial charge is 0.433 e. The number of carbonyl (C=O) groups excluding carboxylic acids is 2. The number of amides is 1. The molecule has 44 heavy (non-hydrogen) atoms. The topological polar surface area (TPSA) is 77.5 Å². The number of carbonyl (C=O) groups is 2. The second-order valence-corrected chi connectivity index (χ2v) is 11.7. The number of alkyl halides is 3. The summed E-state index contributed by atoms with van der Waals surface area (Å²) in [5.41, 5.74) is 3.02. The van der Waals surface area contributed by atoms with Crippen molar-refractivity contribution in [2.45, 2.75) is 37.5 Å². The summed E-state index contributed by atoms with van der Waals surface area (Å²) >= 11 is 1.06. The van der Waals surface area contributed by atoms with Crippen LogP contribution in [0, 0.1) is 0 Å². The van der Waals surface area contributed by atoms with E-state index in [1.807, 2.05) is 78.9 Å². The third kappa shape index (κ3) is 5.65. The van der Waals surface area contributed by atoms with E-state index in [0.29, 0.717) is 21.5 Å². The summed E-state index contributed by atoms with van der Waals surface area (Å²) in [5.74, 6) is -0.224. The minimum absolute atomic E-state index is 0.139. The molecule has 1 aliphatic carbocycles. The van der Waals surface area contributed by atoms with Crippen molar-refractivity contribution >= 4 is 39.3 Å². The molecule has 0 aliphatic heterocycles. The van der Waals surface area contributed by atoms with Gasteiger partial charge in [0, 0.05) is 5.39 Å². The molecule has 2 aromatic heterocycles. The van der Waals surface area contributed by atoms with Gasteiger partial charge in [-0.2, -0.15) is 13.2 Å². The molecule has 6 rings (SSSR count). The molecule has 6 nitrogen and oxygen atoms in total. The highest BCUT2D eigenvalue weighted by Crippen LogP contribution is 2.49. The summed E-state index contributed by atoms with van der Waals surface area (Å²) in [5, 5.41) is 3.14. The number of hydrogen-bond donors (Lipinski definition) is 1. The van der Waals surface area contributed by atoms with Crippen molar-refractivity contribution in [3.05, 3.63) is 108 Å². The Balaban J connectivity index is 1.30. The molecule has 1 N–H and O–H groups in total. The van der Waals surface area contributed by atoms with Crippen molar-refractivity contribution in [3.63, 3.8) is 0 Å². The number of hydrogen-bond acceptors (Lipinski definition) is 6. The van der Waals surface area contributed by atoms with E-state index in [2.05, 4.69) is 10.3 Å². The van der Waals surface area contributed by atoms with E-state index < -0.39 is 29.5 Å². The Kier molecular flexibility index (Phi) is 7.63. The number of nitrogens with one attached hydrogen (secondary N) is 1. The lowest BCUT2D eigenvalue weighted by molar-refractivity contribution is -0.143. The number of anilines is 1. The first kappa shape index (κ1) is 29.4. The van der Waals surface area contributed by atoms with E-state index in [1.165, 1.54) is 13.2 Å². The molecule has 1 atom stereocenters. The minimum Gasteiger partial charge on any atom is -0.468 e. The summed E-state index contributed by atoms with van der Waals surface area (Å²) in [6.07, 6.45) is -4.37. The Morgan fingerprint density at radius 1 is 0.886 bits per heavy atom. The van der Waals surface area contributed by atoms with Gasteiger partial charge in [0.15, 0.2) is 0 Å². The number of thiophene rings is 1. The molecule has 3 aromatic carbocycles. The second kappa shape index (κ2) is 11.4. The van der Waals surface area contributed by atoms with Crippen LogP contribution in [0.3, 0.4) is 0 Å². The van der Waals surface area contributed by atoms with Gasteiger partial charge in [-0.15, -0.1) is 11.3 Å². The molecule has 2 heterocycles. The number of pyridine rings is 1. The van der Waals surface area contributed by atoms with Crippen molar-refractivity contribution in [2.75, 3.05) is 12.4 Å². The summed E-state index contributed by atoms with van der Waals surface area (Å²) in [6.45, 7) is 1.74. The highest BCUT2D eigenvalue weighted by Gasteiger charge is 2.52. The van der Waals surface area contributed by atoms with Gasteiger partial charge in [0.05, 0.1) is 23.1 Å². The zero-order chi connectivity index (χ0) is 31.1. The molecule has 1 fully saturated rings. The first-order valence-corrected chi connectivity index (χ1v) is 14.7. The lowest BCUT2D eigenvalue weighted by atomic mass is 9.93. The summed E-state index contributed by atoms with van der Waals surface area (Å²) < 4.78 is 50.9. The van der Waals surface area contributed by atoms with Crippen molar-refractivity contribution in [3.8, 4) is 21.6 Å². The maximum atomic E-state index is 13.4. The quantitative estimate of drug-likeness (QED) is 0.185. The van der Waals surface area contributed by atoms with Crippen LogP contribution in [0.15, 0.2) is 91.0 Å². The van der Waals surface area contributed by atoms with Gasteiger partial charge in [-0.3, -0.25) is 10.1 Å². The van der Waals surface area contributed by atoms with E-state index in [0.717, 1.165) is 52.5 Å². The molecule has 0 spiro atoms. The Labute approximate surface area is 255 Å². The number of aromatic nitrogens is 1. The Morgan fingerprint density at radius 3 is 2.09 bits per heavy atom. The maximum absolute atomic E-state index is 13.4. The van der Waals surface area contributed by atoms with Crippen LogP contribution in [0.2, 0.25) is 0 Å². The third-order valence-corrected chi connectivity index (χ3v) is 9.02. The third-order valence-electron chi connectivity index (χ3n) is 7.87. The average Bonchev–Trinajstić information content (AvgIpc) is 3.77. The van der Waals surface area contributed by atoms with E-state index in [1.54, 1.807) is 6.92 Å². The summed E-state index contributed by atoms with van der Waals surface area (Å²) in [7, 11) is 1.40. The zero-order valence-corrected chi connectivity index (χ0v) is 24.6. The lowest BCUT2D eigenvalue weighted by Crippen LogP contribution is -2.21. The van der Waals surface area contributed by atoms with Crippen LogP contribution in [-0.4, -0.2) is 24.2 Å². The average molecular weight is 617 g/mol. The van der Waals surface area contributed by atoms with Crippen molar-refractivity contribution < 1.29 is 32.2 Å². The standard InChI is InChI=1S/C34H27F3N2O4S/c1-20(21-6-4-3-5-7-21)43-32(41)39-28-26-16-17-27(34(35,36)37)38-30(26)44-29(28)24-10-8-22(9-11-24)23-12-14-25(15-13-23)33(18-19-33)31(40)42-2/h3-17,20H,18-19H2,1-2H3,(H,39,41)/t20-/m1/s1. The van der Waals surface area contributed by atoms with Crippen molar-refractivity contribution in [1.82, 2.24) is 4.98 Å². The van der Waals surface area contributed by atoms with Gasteiger partial charge >= 0.3 is 18.2 Å². The Morgan fingerprint density at radius 2 is 1.50 bits per heavy atom. The molecular weight excluding hydrogens is 589 g/mol. The van der Waals surface area contributed by atoms with Gasteiger partial charge in [-0.25, -0.2) is 9.78 Å². The van der Waals surface area contributed by atoms with E-state index >= 15 is 0 Å². The number of ether oxygens (including phenoxy) is 2. The fourth-order valence-corrected chi connectivity index (χ4v) is 6.41. The van der Waals surface area contributed by atoms with Gasteiger partial charge in [0.2, 0.25) is 0 Å². The number of methoxy groups -OCH3 is 1. The van der Waals surface area contributed by atoms with Gasteiger partial charge < -0.3 is 9.47 Å². The molecule has 1 saturated carbocycles. The van der Waals surface area contributed by atoms with E-state index in [9.17, 15) is 22.8 Å². The molecule has 224 valence electrons. The Bertz CT molecular complexity index is 1830. The van der Waals surface area contributed by atoms with Crippen LogP contribution in [0.1, 0.15) is 42.7 Å². The summed E-state index contributed by atoms with van der Waals surface area (Å²) in [4.78, 5) is 29.8. The molecule has 1 amide bonds. The predicted molar refractivity (Wildman–Crippen MR) is 163 cm³/mol. The number of halogens is 3. The predicted octanol–water partition coefficient (Wildman–Crippen LogP) is 9.16. The molecule has 10 heteroatoms. The SMILES string of the molecule is COC(=O)C1(c2ccc(-c3ccc(-c4sc5nc(C(F)(F)F)ccc5c4NC(=O)O[C@H](C)c4ccccc4)cc3)cc2)CC1. The van der Waals surface area contributed by atoms with Crippen LogP contribution in [0.25, 0.3) is 31.8 Å². The monoisotopic (exact) mass is 616 g/mol. The van der Waals surface area contributed by atoms with Crippen molar-refractivity contribution in [2.24, 2.45) is 0 Å². The highest BCUT2D eigenvalue weighted by atomic mass is 32.1. The van der Waals surface area contributed by atoms with Gasteiger partial charge in [0.25, 0.3) is 0 Å². The summed E-state index contributed by atoms with van der Waals surface area (Å²) in [6, 6.07) is 26.7. The number of rotatable bonds is 7. The zero-order valence-electron chi connectivity index (χ0n) is 23.8. The van der Waals surface area contributed by atoms with Crippen LogP contribution < -0.4 is 5.32 Å².